The second-order valence-corrected chi connectivity index (χ2v) is 19.6. The van der Waals surface area contributed by atoms with Crippen molar-refractivity contribution >= 4 is 57.2 Å². The molecular formula is C56H45BN2. The van der Waals surface area contributed by atoms with Crippen molar-refractivity contribution in [3.05, 3.63) is 174 Å². The maximum atomic E-state index is 2.73. The molecule has 3 heteroatoms. The van der Waals surface area contributed by atoms with Crippen LogP contribution in [0.4, 0.5) is 34.1 Å². The van der Waals surface area contributed by atoms with E-state index in [9.17, 15) is 0 Å². The Bertz CT molecular complexity index is 2970. The van der Waals surface area contributed by atoms with Gasteiger partial charge in [-0.3, -0.25) is 0 Å². The van der Waals surface area contributed by atoms with Crippen molar-refractivity contribution in [3.63, 3.8) is 0 Å². The second kappa shape index (κ2) is 11.1. The Labute approximate surface area is 347 Å². The van der Waals surface area contributed by atoms with E-state index in [4.69, 9.17) is 0 Å². The fourth-order valence-electron chi connectivity index (χ4n) is 15.5. The SMILES string of the molecule is c1ccc(N2c3cc4c(cc3B3c5c2cccc5N(c2ccccc2)c2ccc5c(c23)-c2ccccc2[C@@]52C[C@H]3CC[C@@H]2C3)-c2ccccc2[C@@]42C[C@@H]3CC[C@H]2C3)cc1. The Balaban J connectivity index is 1.08. The molecule has 7 aromatic carbocycles. The quantitative estimate of drug-likeness (QED) is 0.162. The molecule has 282 valence electrons. The molecule has 0 amide bonds. The van der Waals surface area contributed by atoms with Crippen LogP contribution in [0.5, 0.6) is 0 Å². The van der Waals surface area contributed by atoms with Gasteiger partial charge in [0.1, 0.15) is 0 Å². The molecule has 0 unspecified atom stereocenters. The predicted molar refractivity (Wildman–Crippen MR) is 244 cm³/mol. The number of anilines is 6. The molecule has 2 heterocycles. The minimum absolute atomic E-state index is 0.0805. The topological polar surface area (TPSA) is 6.48 Å². The third-order valence-corrected chi connectivity index (χ3v) is 17.4. The van der Waals surface area contributed by atoms with Crippen LogP contribution in [0.2, 0.25) is 0 Å². The molecule has 7 aromatic rings. The van der Waals surface area contributed by atoms with Crippen LogP contribution in [0.3, 0.4) is 0 Å². The van der Waals surface area contributed by atoms with Crippen molar-refractivity contribution in [1.29, 1.82) is 0 Å². The third kappa shape index (κ3) is 3.75. The summed E-state index contributed by atoms with van der Waals surface area (Å²) in [6.07, 6.45) is 10.8. The first kappa shape index (κ1) is 32.1. The van der Waals surface area contributed by atoms with Gasteiger partial charge in [0.25, 0.3) is 6.71 Å². The molecule has 6 aliphatic carbocycles. The maximum absolute atomic E-state index is 2.73. The van der Waals surface area contributed by atoms with Crippen LogP contribution < -0.4 is 26.2 Å². The third-order valence-electron chi connectivity index (χ3n) is 17.4. The highest BCUT2D eigenvalue weighted by atomic mass is 15.2. The fourth-order valence-corrected chi connectivity index (χ4v) is 15.5. The lowest BCUT2D eigenvalue weighted by Gasteiger charge is -2.46. The highest BCUT2D eigenvalue weighted by molar-refractivity contribution is 7.01. The zero-order valence-electron chi connectivity index (χ0n) is 33.4. The molecule has 4 bridgehead atoms. The summed E-state index contributed by atoms with van der Waals surface area (Å²) in [4.78, 5) is 5.26. The zero-order valence-corrected chi connectivity index (χ0v) is 33.4. The molecule has 0 N–H and O–H groups in total. The Hall–Kier alpha value is -5.80. The molecule has 4 fully saturated rings. The number of hydrogen-bond donors (Lipinski definition) is 0. The van der Waals surface area contributed by atoms with Crippen molar-refractivity contribution in [2.75, 3.05) is 9.80 Å². The van der Waals surface area contributed by atoms with Gasteiger partial charge in [-0.1, -0.05) is 116 Å². The van der Waals surface area contributed by atoms with Gasteiger partial charge in [0.2, 0.25) is 0 Å². The monoisotopic (exact) mass is 756 g/mol. The van der Waals surface area contributed by atoms with Gasteiger partial charge in [0.15, 0.2) is 0 Å². The molecule has 0 radical (unpaired) electrons. The maximum Gasteiger partial charge on any atom is 0.252 e. The smallest absolute Gasteiger partial charge is 0.252 e. The van der Waals surface area contributed by atoms with E-state index in [1.165, 1.54) is 124 Å². The van der Waals surface area contributed by atoms with Crippen molar-refractivity contribution < 1.29 is 0 Å². The highest BCUT2D eigenvalue weighted by Gasteiger charge is 2.60. The summed E-state index contributed by atoms with van der Waals surface area (Å²) in [5.74, 6) is 3.10. The summed E-state index contributed by atoms with van der Waals surface area (Å²) in [5.41, 5.74) is 24.8. The Morgan fingerprint density at radius 1 is 0.424 bits per heavy atom. The summed E-state index contributed by atoms with van der Waals surface area (Å²) >= 11 is 0. The predicted octanol–water partition coefficient (Wildman–Crippen LogP) is 11.9. The number of fused-ring (bicyclic) bond motifs is 21. The summed E-state index contributed by atoms with van der Waals surface area (Å²) in [6.45, 7) is 0.0805. The number of nitrogens with zero attached hydrogens (tertiary/aromatic N) is 2. The summed E-state index contributed by atoms with van der Waals surface area (Å²) in [5, 5.41) is 0. The minimum atomic E-state index is 0.0805. The average Bonchev–Trinajstić information content (AvgIpc) is 4.17. The van der Waals surface area contributed by atoms with Crippen LogP contribution in [-0.2, 0) is 10.8 Å². The first-order chi connectivity index (χ1) is 29.2. The van der Waals surface area contributed by atoms with Crippen LogP contribution >= 0.6 is 0 Å². The molecule has 0 saturated heterocycles. The van der Waals surface area contributed by atoms with Gasteiger partial charge in [0, 0.05) is 45.0 Å². The average molecular weight is 757 g/mol. The molecule has 15 rings (SSSR count). The van der Waals surface area contributed by atoms with Crippen LogP contribution in [0.1, 0.15) is 73.6 Å². The van der Waals surface area contributed by atoms with E-state index in [1.54, 1.807) is 22.3 Å². The lowest BCUT2D eigenvalue weighted by molar-refractivity contribution is 0.327. The van der Waals surface area contributed by atoms with Gasteiger partial charge in [0.05, 0.1) is 0 Å². The van der Waals surface area contributed by atoms with Gasteiger partial charge in [-0.15, -0.1) is 0 Å². The molecule has 2 aliphatic heterocycles. The lowest BCUT2D eigenvalue weighted by Crippen LogP contribution is -2.62. The molecule has 4 saturated carbocycles. The van der Waals surface area contributed by atoms with Gasteiger partial charge in [-0.05, 0) is 172 Å². The van der Waals surface area contributed by atoms with Crippen molar-refractivity contribution in [2.45, 2.75) is 62.2 Å². The number of rotatable bonds is 2. The van der Waals surface area contributed by atoms with Gasteiger partial charge in [-0.25, -0.2) is 0 Å². The summed E-state index contributed by atoms with van der Waals surface area (Å²) in [6, 6.07) is 59.4. The van der Waals surface area contributed by atoms with E-state index < -0.39 is 0 Å². The summed E-state index contributed by atoms with van der Waals surface area (Å²) in [7, 11) is 0. The van der Waals surface area contributed by atoms with E-state index >= 15 is 0 Å². The fraction of sp³-hybridized carbons (Fsp3) is 0.250. The Morgan fingerprint density at radius 3 is 1.61 bits per heavy atom. The van der Waals surface area contributed by atoms with E-state index in [-0.39, 0.29) is 17.5 Å². The van der Waals surface area contributed by atoms with Crippen LogP contribution in [0.15, 0.2) is 152 Å². The number of hydrogen-bond acceptors (Lipinski definition) is 2. The number of para-hydroxylation sites is 2. The lowest BCUT2D eigenvalue weighted by atomic mass is 9.32. The van der Waals surface area contributed by atoms with Crippen molar-refractivity contribution in [1.82, 2.24) is 0 Å². The molecular weight excluding hydrogens is 711 g/mol. The van der Waals surface area contributed by atoms with Crippen LogP contribution in [0.25, 0.3) is 22.3 Å². The molecule has 2 spiro atoms. The minimum Gasteiger partial charge on any atom is -0.311 e. The first-order valence-corrected chi connectivity index (χ1v) is 22.6. The van der Waals surface area contributed by atoms with E-state index in [2.05, 4.69) is 161 Å². The van der Waals surface area contributed by atoms with Gasteiger partial charge >= 0.3 is 0 Å². The largest absolute Gasteiger partial charge is 0.311 e. The molecule has 8 aliphatic rings. The van der Waals surface area contributed by atoms with E-state index in [1.807, 2.05) is 0 Å². The molecule has 6 atom stereocenters. The first-order valence-electron chi connectivity index (χ1n) is 22.6. The van der Waals surface area contributed by atoms with E-state index in [0.717, 1.165) is 17.8 Å². The number of benzene rings is 7. The Kier molecular flexibility index (Phi) is 6.02. The van der Waals surface area contributed by atoms with Crippen molar-refractivity contribution in [3.8, 4) is 22.3 Å². The zero-order chi connectivity index (χ0) is 38.2. The normalized spacial score (nSPS) is 27.5. The molecule has 2 nitrogen and oxygen atoms in total. The van der Waals surface area contributed by atoms with Crippen LogP contribution in [-0.4, -0.2) is 6.71 Å². The summed E-state index contributed by atoms with van der Waals surface area (Å²) < 4.78 is 0. The molecule has 0 aromatic heterocycles. The Morgan fingerprint density at radius 2 is 0.983 bits per heavy atom. The van der Waals surface area contributed by atoms with Gasteiger partial charge in [-0.2, -0.15) is 0 Å². The van der Waals surface area contributed by atoms with Crippen molar-refractivity contribution in [2.24, 2.45) is 23.7 Å². The second-order valence-electron chi connectivity index (χ2n) is 19.6. The standard InChI is InChI=1S/C56H45BN2/c1-3-12-38(13-4-1)58-48-20-11-21-49-53(48)57(54-50(58)27-26-45-52(54)41-17-8-10-19-44(41)55(45)32-34-22-24-36(55)28-34)47-30-42-40-16-7-9-18-43(40)56(33-35-23-25-37(56)29-35)46(42)31-51(47)59(49)39-14-5-2-6-15-39/h1-21,26-27,30-31,34-37H,22-25,28-29,32-33H2/t34-,35+,36+,37-,55-,56-/m0/s1. The molecule has 59 heavy (non-hydrogen) atoms. The van der Waals surface area contributed by atoms with E-state index in [0.29, 0.717) is 5.92 Å². The highest BCUT2D eigenvalue weighted by Crippen LogP contribution is 2.68. The van der Waals surface area contributed by atoms with Gasteiger partial charge < -0.3 is 9.80 Å². The van der Waals surface area contributed by atoms with Crippen LogP contribution in [0, 0.1) is 23.7 Å².